The number of nitrogens with zero attached hydrogens (tertiary/aromatic N) is 5. The summed E-state index contributed by atoms with van der Waals surface area (Å²) >= 11 is 0. The second-order valence-electron chi connectivity index (χ2n) is 4.11. The third-order valence-corrected chi connectivity index (χ3v) is 2.90. The lowest BCUT2D eigenvalue weighted by Gasteiger charge is -2.02. The van der Waals surface area contributed by atoms with E-state index in [9.17, 15) is 0 Å². The standard InChI is InChI=1S/C12H13N5O/c1-16-8-9(4-14-16)10-5-13-7-12-11(10)6-15-17(12)2-3-18/h4-8,18H,2-3H2,1H3. The van der Waals surface area contributed by atoms with Crippen LogP contribution < -0.4 is 0 Å². The van der Waals surface area contributed by atoms with Gasteiger partial charge in [-0.15, -0.1) is 0 Å². The lowest BCUT2D eigenvalue weighted by molar-refractivity contribution is 0.271. The average molecular weight is 243 g/mol. The zero-order valence-corrected chi connectivity index (χ0v) is 9.98. The van der Waals surface area contributed by atoms with Crippen LogP contribution in [0.25, 0.3) is 22.0 Å². The van der Waals surface area contributed by atoms with E-state index in [1.807, 2.05) is 19.4 Å². The van der Waals surface area contributed by atoms with Crippen molar-refractivity contribution in [1.29, 1.82) is 0 Å². The van der Waals surface area contributed by atoms with E-state index in [-0.39, 0.29) is 6.61 Å². The summed E-state index contributed by atoms with van der Waals surface area (Å²) in [5.74, 6) is 0. The Kier molecular flexibility index (Phi) is 2.56. The Bertz CT molecular complexity index is 685. The number of aromatic nitrogens is 5. The van der Waals surface area contributed by atoms with E-state index in [0.29, 0.717) is 6.54 Å². The van der Waals surface area contributed by atoms with Gasteiger partial charge in [0, 0.05) is 36.0 Å². The second kappa shape index (κ2) is 4.23. The predicted octanol–water partition coefficient (Wildman–Crippen LogP) is 0.824. The molecule has 0 fully saturated rings. The molecule has 3 heterocycles. The van der Waals surface area contributed by atoms with Crippen molar-refractivity contribution in [3.05, 3.63) is 31.0 Å². The van der Waals surface area contributed by atoms with Gasteiger partial charge in [-0.2, -0.15) is 10.2 Å². The van der Waals surface area contributed by atoms with Crippen LogP contribution in [0.3, 0.4) is 0 Å². The first-order valence-corrected chi connectivity index (χ1v) is 5.69. The fourth-order valence-electron chi connectivity index (χ4n) is 2.05. The molecule has 3 aromatic heterocycles. The molecule has 3 rings (SSSR count). The number of pyridine rings is 1. The van der Waals surface area contributed by atoms with E-state index in [0.717, 1.165) is 22.0 Å². The topological polar surface area (TPSA) is 68.8 Å². The van der Waals surface area contributed by atoms with E-state index in [1.54, 1.807) is 28.0 Å². The lowest BCUT2D eigenvalue weighted by Crippen LogP contribution is -2.03. The molecule has 0 radical (unpaired) electrons. The molecule has 0 amide bonds. The number of fused-ring (bicyclic) bond motifs is 1. The van der Waals surface area contributed by atoms with Crippen LogP contribution in [-0.2, 0) is 13.6 Å². The molecule has 6 nitrogen and oxygen atoms in total. The Morgan fingerprint density at radius 1 is 1.17 bits per heavy atom. The minimum Gasteiger partial charge on any atom is -0.394 e. The van der Waals surface area contributed by atoms with Crippen molar-refractivity contribution in [1.82, 2.24) is 24.5 Å². The minimum atomic E-state index is 0.0634. The summed E-state index contributed by atoms with van der Waals surface area (Å²) in [5, 5.41) is 18.4. The zero-order chi connectivity index (χ0) is 12.5. The maximum Gasteiger partial charge on any atom is 0.0872 e. The molecule has 0 aliphatic heterocycles. The second-order valence-corrected chi connectivity index (χ2v) is 4.11. The molecule has 1 N–H and O–H groups in total. The molecule has 0 aromatic carbocycles. The smallest absolute Gasteiger partial charge is 0.0872 e. The summed E-state index contributed by atoms with van der Waals surface area (Å²) in [4.78, 5) is 4.23. The van der Waals surface area contributed by atoms with Crippen molar-refractivity contribution < 1.29 is 5.11 Å². The normalized spacial score (nSPS) is 11.2. The van der Waals surface area contributed by atoms with Crippen molar-refractivity contribution >= 4 is 10.9 Å². The third kappa shape index (κ3) is 1.67. The quantitative estimate of drug-likeness (QED) is 0.739. The van der Waals surface area contributed by atoms with Crippen LogP contribution in [0.5, 0.6) is 0 Å². The summed E-state index contributed by atoms with van der Waals surface area (Å²) in [7, 11) is 1.88. The Hall–Kier alpha value is -2.21. The van der Waals surface area contributed by atoms with Crippen molar-refractivity contribution in [2.24, 2.45) is 7.05 Å². The molecule has 0 saturated carbocycles. The highest BCUT2D eigenvalue weighted by Crippen LogP contribution is 2.26. The lowest BCUT2D eigenvalue weighted by atomic mass is 10.1. The third-order valence-electron chi connectivity index (χ3n) is 2.90. The summed E-state index contributed by atoms with van der Waals surface area (Å²) in [6.07, 6.45) is 9.12. The van der Waals surface area contributed by atoms with Crippen molar-refractivity contribution in [2.45, 2.75) is 6.54 Å². The van der Waals surface area contributed by atoms with Crippen LogP contribution in [0.15, 0.2) is 31.0 Å². The van der Waals surface area contributed by atoms with Gasteiger partial charge in [-0.05, 0) is 0 Å². The van der Waals surface area contributed by atoms with Crippen LogP contribution in [0.4, 0.5) is 0 Å². The van der Waals surface area contributed by atoms with Crippen molar-refractivity contribution in [3.8, 4) is 11.1 Å². The number of hydrogen-bond acceptors (Lipinski definition) is 4. The number of aliphatic hydroxyl groups excluding tert-OH is 1. The van der Waals surface area contributed by atoms with Crippen LogP contribution in [0, 0.1) is 0 Å². The van der Waals surface area contributed by atoms with Crippen molar-refractivity contribution in [3.63, 3.8) is 0 Å². The fraction of sp³-hybridized carbons (Fsp3) is 0.250. The van der Waals surface area contributed by atoms with E-state index in [4.69, 9.17) is 5.11 Å². The van der Waals surface area contributed by atoms with E-state index >= 15 is 0 Å². The Labute approximate surface area is 103 Å². The molecule has 0 bridgehead atoms. The molecule has 0 spiro atoms. The van der Waals surface area contributed by atoms with Gasteiger partial charge in [0.2, 0.25) is 0 Å². The maximum absolute atomic E-state index is 8.99. The fourth-order valence-corrected chi connectivity index (χ4v) is 2.05. The molecule has 0 atom stereocenters. The Balaban J connectivity index is 2.18. The number of aryl methyl sites for hydroxylation is 1. The first-order chi connectivity index (χ1) is 8.79. The number of aliphatic hydroxyl groups is 1. The van der Waals surface area contributed by atoms with Gasteiger partial charge >= 0.3 is 0 Å². The molecule has 18 heavy (non-hydrogen) atoms. The monoisotopic (exact) mass is 243 g/mol. The Morgan fingerprint density at radius 3 is 2.78 bits per heavy atom. The first-order valence-electron chi connectivity index (χ1n) is 5.69. The van der Waals surface area contributed by atoms with Crippen molar-refractivity contribution in [2.75, 3.05) is 6.61 Å². The van der Waals surface area contributed by atoms with E-state index < -0.39 is 0 Å². The average Bonchev–Trinajstić information content (AvgIpc) is 2.97. The van der Waals surface area contributed by atoms with Gasteiger partial charge in [0.25, 0.3) is 0 Å². The highest BCUT2D eigenvalue weighted by atomic mass is 16.3. The molecule has 0 aliphatic rings. The maximum atomic E-state index is 8.99. The molecule has 92 valence electrons. The van der Waals surface area contributed by atoms with Crippen LogP contribution in [-0.4, -0.2) is 36.3 Å². The van der Waals surface area contributed by atoms with Gasteiger partial charge in [0.1, 0.15) is 0 Å². The summed E-state index contributed by atoms with van der Waals surface area (Å²) < 4.78 is 3.51. The predicted molar refractivity (Wildman–Crippen MR) is 66.8 cm³/mol. The highest BCUT2D eigenvalue weighted by Gasteiger charge is 2.10. The molecule has 0 saturated heterocycles. The highest BCUT2D eigenvalue weighted by molar-refractivity contribution is 5.93. The molecular weight excluding hydrogens is 230 g/mol. The minimum absolute atomic E-state index is 0.0634. The summed E-state index contributed by atoms with van der Waals surface area (Å²) in [5.41, 5.74) is 2.94. The summed E-state index contributed by atoms with van der Waals surface area (Å²) in [6.45, 7) is 0.537. The molecular formula is C12H13N5O. The van der Waals surface area contributed by atoms with Gasteiger partial charge in [0.05, 0.1) is 37.3 Å². The van der Waals surface area contributed by atoms with Crippen LogP contribution >= 0.6 is 0 Å². The van der Waals surface area contributed by atoms with Gasteiger partial charge in [-0.3, -0.25) is 14.3 Å². The Morgan fingerprint density at radius 2 is 2.06 bits per heavy atom. The zero-order valence-electron chi connectivity index (χ0n) is 9.98. The van der Waals surface area contributed by atoms with E-state index in [2.05, 4.69) is 15.2 Å². The first kappa shape index (κ1) is 10.9. The van der Waals surface area contributed by atoms with E-state index in [1.165, 1.54) is 0 Å². The van der Waals surface area contributed by atoms with Gasteiger partial charge in [0.15, 0.2) is 0 Å². The molecule has 0 aliphatic carbocycles. The van der Waals surface area contributed by atoms with Crippen LogP contribution in [0.2, 0.25) is 0 Å². The molecule has 3 aromatic rings. The van der Waals surface area contributed by atoms with Gasteiger partial charge in [-0.25, -0.2) is 0 Å². The largest absolute Gasteiger partial charge is 0.394 e. The molecule has 0 unspecified atom stereocenters. The molecule has 6 heteroatoms. The number of rotatable bonds is 3. The summed E-state index contributed by atoms with van der Waals surface area (Å²) in [6, 6.07) is 0. The van der Waals surface area contributed by atoms with Crippen LogP contribution in [0.1, 0.15) is 0 Å². The van der Waals surface area contributed by atoms with Gasteiger partial charge in [-0.1, -0.05) is 0 Å². The SMILES string of the molecule is Cn1cc(-c2cncc3c2cnn3CCO)cn1. The number of hydrogen-bond donors (Lipinski definition) is 1. The van der Waals surface area contributed by atoms with Gasteiger partial charge < -0.3 is 5.11 Å².